The van der Waals surface area contributed by atoms with Gasteiger partial charge in [0.25, 0.3) is 0 Å². The number of hydrogen-bond donors (Lipinski definition) is 3. The number of hydrogen-bond acceptors (Lipinski definition) is 3. The van der Waals surface area contributed by atoms with Crippen LogP contribution in [0.15, 0.2) is 24.3 Å². The number of likely N-dealkylation sites (tertiary alicyclic amines) is 1. The number of rotatable bonds is 5. The highest BCUT2D eigenvalue weighted by Gasteiger charge is 2.35. The first-order valence-corrected chi connectivity index (χ1v) is 7.54. The van der Waals surface area contributed by atoms with Crippen LogP contribution in [0.5, 0.6) is 0 Å². The van der Waals surface area contributed by atoms with E-state index in [9.17, 15) is 14.7 Å². The monoisotopic (exact) mass is 306 g/mol. The Bertz CT molecular complexity index is 529. The third-order valence-corrected chi connectivity index (χ3v) is 4.24. The van der Waals surface area contributed by atoms with Gasteiger partial charge in [0.15, 0.2) is 0 Å². The number of urea groups is 1. The van der Waals surface area contributed by atoms with Gasteiger partial charge in [-0.3, -0.25) is 0 Å². The molecule has 0 aromatic heterocycles. The van der Waals surface area contributed by atoms with Gasteiger partial charge in [0.05, 0.1) is 5.56 Å². The smallest absolute Gasteiger partial charge is 0.335 e. The molecule has 0 bridgehead atoms. The van der Waals surface area contributed by atoms with Gasteiger partial charge in [0, 0.05) is 31.7 Å². The van der Waals surface area contributed by atoms with Crippen molar-refractivity contribution in [1.29, 1.82) is 0 Å². The number of aromatic carboxylic acids is 1. The first-order chi connectivity index (χ1) is 10.6. The third kappa shape index (κ3) is 3.57. The molecule has 120 valence electrons. The molecule has 0 saturated carbocycles. The summed E-state index contributed by atoms with van der Waals surface area (Å²) in [5.74, 6) is -0.806. The van der Waals surface area contributed by atoms with Crippen molar-refractivity contribution in [3.05, 3.63) is 35.4 Å². The SMILES string of the molecule is CCC1C(CO)CCN1C(=O)NCc1ccc(C(=O)O)cc1. The van der Waals surface area contributed by atoms with Gasteiger partial charge in [-0.05, 0) is 30.5 Å². The highest BCUT2D eigenvalue weighted by molar-refractivity contribution is 5.87. The largest absolute Gasteiger partial charge is 0.478 e. The average Bonchev–Trinajstić information content (AvgIpc) is 2.95. The zero-order valence-corrected chi connectivity index (χ0v) is 12.7. The quantitative estimate of drug-likeness (QED) is 0.772. The number of nitrogens with zero attached hydrogens (tertiary/aromatic N) is 1. The van der Waals surface area contributed by atoms with E-state index in [1.807, 2.05) is 6.92 Å². The van der Waals surface area contributed by atoms with Crippen LogP contribution >= 0.6 is 0 Å². The van der Waals surface area contributed by atoms with Crippen LogP contribution in [0.4, 0.5) is 4.79 Å². The molecule has 1 aromatic rings. The molecular weight excluding hydrogens is 284 g/mol. The van der Waals surface area contributed by atoms with Gasteiger partial charge in [-0.2, -0.15) is 0 Å². The van der Waals surface area contributed by atoms with Crippen LogP contribution in [0.2, 0.25) is 0 Å². The predicted octanol–water partition coefficient (Wildman–Crippen LogP) is 1.69. The fourth-order valence-corrected chi connectivity index (χ4v) is 2.98. The molecule has 0 aliphatic carbocycles. The Morgan fingerprint density at radius 2 is 2.00 bits per heavy atom. The van der Waals surface area contributed by atoms with E-state index in [-0.39, 0.29) is 30.2 Å². The lowest BCUT2D eigenvalue weighted by atomic mass is 10.00. The van der Waals surface area contributed by atoms with Crippen LogP contribution in [-0.4, -0.2) is 46.3 Å². The maximum Gasteiger partial charge on any atom is 0.335 e. The summed E-state index contributed by atoms with van der Waals surface area (Å²) in [4.78, 5) is 24.8. The molecule has 2 amide bonds. The summed E-state index contributed by atoms with van der Waals surface area (Å²) in [7, 11) is 0. The van der Waals surface area contributed by atoms with Gasteiger partial charge in [0.2, 0.25) is 0 Å². The molecule has 0 spiro atoms. The van der Waals surface area contributed by atoms with E-state index in [0.29, 0.717) is 13.1 Å². The Balaban J connectivity index is 1.91. The Morgan fingerprint density at radius 3 is 2.55 bits per heavy atom. The van der Waals surface area contributed by atoms with Crippen molar-refractivity contribution in [1.82, 2.24) is 10.2 Å². The number of carboxylic acid groups (broad SMARTS) is 1. The number of carbonyl (C=O) groups excluding carboxylic acids is 1. The summed E-state index contributed by atoms with van der Waals surface area (Å²) in [6, 6.07) is 6.39. The molecule has 1 aromatic carbocycles. The Hall–Kier alpha value is -2.08. The first-order valence-electron chi connectivity index (χ1n) is 7.54. The van der Waals surface area contributed by atoms with Crippen molar-refractivity contribution in [2.75, 3.05) is 13.2 Å². The van der Waals surface area contributed by atoms with E-state index in [1.54, 1.807) is 17.0 Å². The standard InChI is InChI=1S/C16H22N2O4/c1-2-14-13(10-19)7-8-18(14)16(22)17-9-11-3-5-12(6-4-11)15(20)21/h3-6,13-14,19H,2,7-10H2,1H3,(H,17,22)(H,20,21). The summed E-state index contributed by atoms with van der Waals surface area (Å²) in [6.07, 6.45) is 1.65. The predicted molar refractivity (Wildman–Crippen MR) is 81.6 cm³/mol. The number of aliphatic hydroxyl groups is 1. The average molecular weight is 306 g/mol. The Morgan fingerprint density at radius 1 is 1.32 bits per heavy atom. The zero-order chi connectivity index (χ0) is 16.1. The topological polar surface area (TPSA) is 89.9 Å². The van der Waals surface area contributed by atoms with Crippen LogP contribution in [0.25, 0.3) is 0 Å². The maximum atomic E-state index is 12.3. The van der Waals surface area contributed by atoms with E-state index in [1.165, 1.54) is 12.1 Å². The lowest BCUT2D eigenvalue weighted by Gasteiger charge is -2.26. The summed E-state index contributed by atoms with van der Waals surface area (Å²) in [5, 5.41) is 21.0. The van der Waals surface area contributed by atoms with Crippen LogP contribution in [0.3, 0.4) is 0 Å². The molecule has 6 nitrogen and oxygen atoms in total. The number of benzene rings is 1. The van der Waals surface area contributed by atoms with Crippen LogP contribution in [-0.2, 0) is 6.54 Å². The second-order valence-corrected chi connectivity index (χ2v) is 5.56. The highest BCUT2D eigenvalue weighted by atomic mass is 16.4. The number of carbonyl (C=O) groups is 2. The molecule has 0 radical (unpaired) electrons. The van der Waals surface area contributed by atoms with Gasteiger partial charge >= 0.3 is 12.0 Å². The lowest BCUT2D eigenvalue weighted by Crippen LogP contribution is -2.44. The molecule has 22 heavy (non-hydrogen) atoms. The molecule has 1 aliphatic heterocycles. The van der Waals surface area contributed by atoms with Crippen LogP contribution < -0.4 is 5.32 Å². The van der Waals surface area contributed by atoms with E-state index in [4.69, 9.17) is 5.11 Å². The van der Waals surface area contributed by atoms with E-state index >= 15 is 0 Å². The molecule has 2 unspecified atom stereocenters. The molecule has 2 rings (SSSR count). The maximum absolute atomic E-state index is 12.3. The van der Waals surface area contributed by atoms with Crippen molar-refractivity contribution in [3.63, 3.8) is 0 Å². The van der Waals surface area contributed by atoms with Crippen LogP contribution in [0, 0.1) is 5.92 Å². The van der Waals surface area contributed by atoms with E-state index in [0.717, 1.165) is 18.4 Å². The Labute approximate surface area is 129 Å². The number of nitrogens with one attached hydrogen (secondary N) is 1. The molecule has 6 heteroatoms. The first kappa shape index (κ1) is 16.3. The number of aliphatic hydroxyl groups excluding tert-OH is 1. The molecule has 3 N–H and O–H groups in total. The highest BCUT2D eigenvalue weighted by Crippen LogP contribution is 2.26. The van der Waals surface area contributed by atoms with Crippen LogP contribution in [0.1, 0.15) is 35.7 Å². The van der Waals surface area contributed by atoms with Crippen molar-refractivity contribution in [3.8, 4) is 0 Å². The summed E-state index contributed by atoms with van der Waals surface area (Å²) in [5.41, 5.74) is 1.08. The zero-order valence-electron chi connectivity index (χ0n) is 12.7. The van der Waals surface area contributed by atoms with Gasteiger partial charge in [0.1, 0.15) is 0 Å². The molecule has 1 fully saturated rings. The Kier molecular flexibility index (Phi) is 5.38. The molecular formula is C16H22N2O4. The minimum atomic E-state index is -0.964. The third-order valence-electron chi connectivity index (χ3n) is 4.24. The lowest BCUT2D eigenvalue weighted by molar-refractivity contribution is 0.0696. The van der Waals surface area contributed by atoms with Crippen molar-refractivity contribution >= 4 is 12.0 Å². The van der Waals surface area contributed by atoms with Gasteiger partial charge in [-0.15, -0.1) is 0 Å². The van der Waals surface area contributed by atoms with Crippen molar-refractivity contribution < 1.29 is 19.8 Å². The van der Waals surface area contributed by atoms with E-state index in [2.05, 4.69) is 5.32 Å². The normalized spacial score (nSPS) is 20.9. The number of carboxylic acids is 1. The minimum Gasteiger partial charge on any atom is -0.478 e. The molecule has 1 heterocycles. The number of amides is 2. The van der Waals surface area contributed by atoms with Crippen molar-refractivity contribution in [2.24, 2.45) is 5.92 Å². The second-order valence-electron chi connectivity index (χ2n) is 5.56. The summed E-state index contributed by atoms with van der Waals surface area (Å²) in [6.45, 7) is 3.14. The molecule has 2 atom stereocenters. The van der Waals surface area contributed by atoms with Gasteiger partial charge < -0.3 is 20.4 Å². The minimum absolute atomic E-state index is 0.0828. The van der Waals surface area contributed by atoms with Gasteiger partial charge in [-0.25, -0.2) is 9.59 Å². The second kappa shape index (κ2) is 7.26. The van der Waals surface area contributed by atoms with Crippen molar-refractivity contribution in [2.45, 2.75) is 32.4 Å². The molecule has 1 aliphatic rings. The fourth-order valence-electron chi connectivity index (χ4n) is 2.98. The summed E-state index contributed by atoms with van der Waals surface area (Å²) < 4.78 is 0. The fraction of sp³-hybridized carbons (Fsp3) is 0.500. The van der Waals surface area contributed by atoms with Gasteiger partial charge in [-0.1, -0.05) is 19.1 Å². The summed E-state index contributed by atoms with van der Waals surface area (Å²) >= 11 is 0. The molecule has 1 saturated heterocycles. The van der Waals surface area contributed by atoms with E-state index < -0.39 is 5.97 Å².